The van der Waals surface area contributed by atoms with Gasteiger partial charge in [0.1, 0.15) is 18.1 Å². The van der Waals surface area contributed by atoms with Crippen molar-refractivity contribution in [1.82, 2.24) is 29.8 Å². The number of rotatable bonds is 12. The highest BCUT2D eigenvalue weighted by atomic mass is 35.5. The summed E-state index contributed by atoms with van der Waals surface area (Å²) in [7, 11) is 0. The predicted octanol–water partition coefficient (Wildman–Crippen LogP) is 6.22. The van der Waals surface area contributed by atoms with E-state index in [2.05, 4.69) is 39.0 Å². The fraction of sp³-hybridized carbons (Fsp3) is 0.429. The van der Waals surface area contributed by atoms with Gasteiger partial charge in [-0.15, -0.1) is 0 Å². The topological polar surface area (TPSA) is 102 Å². The van der Waals surface area contributed by atoms with Crippen molar-refractivity contribution in [1.29, 1.82) is 0 Å². The Morgan fingerprint density at radius 2 is 1.78 bits per heavy atom. The summed E-state index contributed by atoms with van der Waals surface area (Å²) in [6.07, 6.45) is -0.741. The maximum atomic E-state index is 14.4. The lowest BCUT2D eigenvalue weighted by molar-refractivity contribution is -0.144. The van der Waals surface area contributed by atoms with Gasteiger partial charge in [0.05, 0.1) is 27.9 Å². The molecular weight excluding hydrogens is 561 g/mol. The zero-order valence-electron chi connectivity index (χ0n) is 23.2. The summed E-state index contributed by atoms with van der Waals surface area (Å²) >= 11 is 6.75. The third-order valence-corrected chi connectivity index (χ3v) is 6.94. The average Bonchev–Trinajstić information content (AvgIpc) is 3.55. The number of aliphatic hydroxyl groups is 1. The molecule has 1 N–H and O–H groups in total. The van der Waals surface area contributed by atoms with Crippen LogP contribution in [-0.2, 0) is 12.7 Å². The monoisotopic (exact) mass is 592 g/mol. The first-order valence-electron chi connectivity index (χ1n) is 13.2. The highest BCUT2D eigenvalue weighted by Gasteiger charge is 2.41. The van der Waals surface area contributed by atoms with Crippen molar-refractivity contribution in [2.75, 3.05) is 26.2 Å². The molecule has 0 radical (unpaired) electrons. The number of alkyl halides is 3. The molecule has 0 atom stereocenters. The summed E-state index contributed by atoms with van der Waals surface area (Å²) in [4.78, 5) is 10.7. The Bertz CT molecular complexity index is 1450. The van der Waals surface area contributed by atoms with E-state index in [4.69, 9.17) is 20.9 Å². The van der Waals surface area contributed by atoms with Gasteiger partial charge in [0.25, 0.3) is 0 Å². The molecule has 0 aliphatic rings. The van der Waals surface area contributed by atoms with Crippen molar-refractivity contribution in [3.8, 4) is 39.7 Å². The van der Waals surface area contributed by atoms with Crippen LogP contribution in [0.3, 0.4) is 0 Å². The van der Waals surface area contributed by atoms with E-state index in [0.717, 1.165) is 24.0 Å². The molecule has 0 fully saturated rings. The molecule has 13 heteroatoms. The molecule has 3 aromatic heterocycles. The summed E-state index contributed by atoms with van der Waals surface area (Å²) in [6, 6.07) is 6.69. The third kappa shape index (κ3) is 7.06. The van der Waals surface area contributed by atoms with Crippen LogP contribution in [0.5, 0.6) is 5.75 Å². The highest BCUT2D eigenvalue weighted by Crippen LogP contribution is 2.46. The summed E-state index contributed by atoms with van der Waals surface area (Å²) in [5.74, 6) is 0.285. The van der Waals surface area contributed by atoms with E-state index in [1.807, 2.05) is 0 Å². The second-order valence-electron chi connectivity index (χ2n) is 9.99. The fourth-order valence-corrected chi connectivity index (χ4v) is 4.59. The van der Waals surface area contributed by atoms with Crippen LogP contribution in [0.1, 0.15) is 39.8 Å². The van der Waals surface area contributed by atoms with Gasteiger partial charge in [0.15, 0.2) is 17.3 Å². The van der Waals surface area contributed by atoms with Gasteiger partial charge in [-0.1, -0.05) is 42.7 Å². The van der Waals surface area contributed by atoms with Gasteiger partial charge in [-0.25, -0.2) is 9.97 Å². The van der Waals surface area contributed by atoms with Gasteiger partial charge in [0.2, 0.25) is 0 Å². The van der Waals surface area contributed by atoms with Crippen LogP contribution in [0.25, 0.3) is 34.0 Å². The van der Waals surface area contributed by atoms with Crippen LogP contribution in [-0.4, -0.2) is 66.8 Å². The number of aromatic nitrogens is 5. The first-order valence-corrected chi connectivity index (χ1v) is 13.6. The lowest BCUT2D eigenvalue weighted by atomic mass is 10.0. The van der Waals surface area contributed by atoms with E-state index in [9.17, 15) is 18.3 Å². The van der Waals surface area contributed by atoms with E-state index >= 15 is 0 Å². The quantitative estimate of drug-likeness (QED) is 0.207. The van der Waals surface area contributed by atoms with Gasteiger partial charge in [-0.3, -0.25) is 4.68 Å². The smallest absolute Gasteiger partial charge is 0.433 e. The van der Waals surface area contributed by atoms with Crippen LogP contribution in [0.15, 0.2) is 47.4 Å². The largest absolute Gasteiger partial charge is 0.491 e. The molecule has 1 aromatic carbocycles. The first-order chi connectivity index (χ1) is 19.4. The van der Waals surface area contributed by atoms with Crippen LogP contribution in [0.2, 0.25) is 5.02 Å². The molecule has 0 saturated carbocycles. The number of halogens is 4. The maximum Gasteiger partial charge on any atom is 0.433 e. The predicted molar refractivity (Wildman–Crippen MR) is 148 cm³/mol. The Balaban J connectivity index is 1.82. The number of aryl methyl sites for hydroxylation is 1. The van der Waals surface area contributed by atoms with Gasteiger partial charge in [0, 0.05) is 31.0 Å². The minimum Gasteiger partial charge on any atom is -0.491 e. The zero-order valence-corrected chi connectivity index (χ0v) is 24.0. The van der Waals surface area contributed by atoms with Gasteiger partial charge < -0.3 is 19.3 Å². The van der Waals surface area contributed by atoms with Crippen molar-refractivity contribution in [2.45, 2.75) is 52.4 Å². The lowest BCUT2D eigenvalue weighted by Gasteiger charge is -2.18. The number of hydrogen-bond acceptors (Lipinski definition) is 8. The Morgan fingerprint density at radius 1 is 1.07 bits per heavy atom. The molecule has 0 aliphatic heterocycles. The highest BCUT2D eigenvalue weighted by molar-refractivity contribution is 6.35. The van der Waals surface area contributed by atoms with E-state index in [-0.39, 0.29) is 46.4 Å². The minimum atomic E-state index is -4.79. The van der Waals surface area contributed by atoms with E-state index in [1.165, 1.54) is 26.2 Å². The SMILES string of the molecule is CCN(CC)CCOc1cccc(-c2noc(-c3cnn(CCC(C)(C)O)c3C(F)(F)F)c2-c2ncccn2)c1Cl. The standard InChI is InChI=1S/C28H32ClF3N6O3/c1-5-37(6-2)15-16-40-20-10-7-9-18(22(20)29)23-21(26-33-12-8-13-34-26)24(41-36-23)19-17-35-38(14-11-27(3,4)39)25(19)28(30,31)32/h7-10,12-13,17,39H,5-6,11,14-16H2,1-4H3. The number of nitrogens with zero attached hydrogens (tertiary/aromatic N) is 6. The van der Waals surface area contributed by atoms with Crippen LogP contribution < -0.4 is 4.74 Å². The number of hydrogen-bond donors (Lipinski definition) is 1. The first kappa shape index (κ1) is 30.5. The number of ether oxygens (including phenoxy) is 1. The normalized spacial score (nSPS) is 12.3. The zero-order chi connectivity index (χ0) is 29.8. The minimum absolute atomic E-state index is 0.0458. The molecule has 41 heavy (non-hydrogen) atoms. The van der Waals surface area contributed by atoms with Crippen LogP contribution in [0.4, 0.5) is 13.2 Å². The Kier molecular flexibility index (Phi) is 9.35. The van der Waals surface area contributed by atoms with Gasteiger partial charge >= 0.3 is 6.18 Å². The molecule has 4 aromatic rings. The molecule has 0 spiro atoms. The Labute approximate surface area is 240 Å². The molecule has 3 heterocycles. The summed E-state index contributed by atoms with van der Waals surface area (Å²) < 4.78 is 55.5. The molecule has 0 saturated heterocycles. The second-order valence-corrected chi connectivity index (χ2v) is 10.4. The average molecular weight is 593 g/mol. The molecule has 0 amide bonds. The fourth-order valence-electron chi connectivity index (χ4n) is 4.32. The summed E-state index contributed by atoms with van der Waals surface area (Å²) in [6.45, 7) is 9.84. The molecule has 0 bridgehead atoms. The van der Waals surface area contributed by atoms with E-state index in [0.29, 0.717) is 24.5 Å². The lowest BCUT2D eigenvalue weighted by Crippen LogP contribution is -2.27. The van der Waals surface area contributed by atoms with Gasteiger partial charge in [-0.05, 0) is 45.5 Å². The number of benzene rings is 1. The van der Waals surface area contributed by atoms with Crippen LogP contribution in [0, 0.1) is 0 Å². The van der Waals surface area contributed by atoms with Crippen molar-refractivity contribution in [2.24, 2.45) is 0 Å². The van der Waals surface area contributed by atoms with Crippen molar-refractivity contribution >= 4 is 11.6 Å². The molecule has 9 nitrogen and oxygen atoms in total. The van der Waals surface area contributed by atoms with Gasteiger partial charge in [-0.2, -0.15) is 18.3 Å². The van der Waals surface area contributed by atoms with E-state index < -0.39 is 17.5 Å². The number of likely N-dealkylation sites (N-methyl/N-ethyl adjacent to an activating group) is 1. The van der Waals surface area contributed by atoms with Crippen molar-refractivity contribution in [3.05, 3.63) is 53.6 Å². The Morgan fingerprint density at radius 3 is 2.41 bits per heavy atom. The summed E-state index contributed by atoms with van der Waals surface area (Å²) in [5.41, 5.74) is -1.90. The van der Waals surface area contributed by atoms with Crippen LogP contribution >= 0.6 is 11.6 Å². The Hall–Kier alpha value is -3.48. The molecule has 220 valence electrons. The molecule has 0 unspecified atom stereocenters. The second kappa shape index (κ2) is 12.6. The molecule has 0 aliphatic carbocycles. The maximum absolute atomic E-state index is 14.4. The molecular formula is C28H32ClF3N6O3. The third-order valence-electron chi connectivity index (χ3n) is 6.55. The van der Waals surface area contributed by atoms with E-state index in [1.54, 1.807) is 24.3 Å². The summed E-state index contributed by atoms with van der Waals surface area (Å²) in [5, 5.41) is 18.4. The molecule has 4 rings (SSSR count). The van der Waals surface area contributed by atoms with Crippen molar-refractivity contribution < 1.29 is 27.5 Å². The van der Waals surface area contributed by atoms with Crippen molar-refractivity contribution in [3.63, 3.8) is 0 Å².